The minimum atomic E-state index is -0.629. The lowest BCUT2D eigenvalue weighted by Gasteiger charge is -2.15. The predicted molar refractivity (Wildman–Crippen MR) is 76.0 cm³/mol. The zero-order valence-corrected chi connectivity index (χ0v) is 11.7. The summed E-state index contributed by atoms with van der Waals surface area (Å²) in [5.74, 6) is 0. The van der Waals surface area contributed by atoms with E-state index in [2.05, 4.69) is 29.3 Å². The lowest BCUT2D eigenvalue weighted by molar-refractivity contribution is 0.218. The van der Waals surface area contributed by atoms with Gasteiger partial charge in [0, 0.05) is 5.56 Å². The Bertz CT molecular complexity index is 566. The highest BCUT2D eigenvalue weighted by Gasteiger charge is 2.16. The molecule has 1 unspecified atom stereocenters. The molecule has 1 atom stereocenters. The molecule has 0 aliphatic rings. The quantitative estimate of drug-likeness (QED) is 0.914. The van der Waals surface area contributed by atoms with Gasteiger partial charge in [-0.3, -0.25) is 0 Å². The van der Waals surface area contributed by atoms with Crippen molar-refractivity contribution in [3.8, 4) is 0 Å². The molecule has 100 valence electrons. The number of aliphatic hydroxyl groups excluding tert-OH is 1. The van der Waals surface area contributed by atoms with Gasteiger partial charge in [-0.1, -0.05) is 38.1 Å². The van der Waals surface area contributed by atoms with Gasteiger partial charge >= 0.3 is 0 Å². The fourth-order valence-corrected chi connectivity index (χ4v) is 2.21. The van der Waals surface area contributed by atoms with Gasteiger partial charge in [-0.25, -0.2) is 0 Å². The molecule has 0 fully saturated rings. The Labute approximate surface area is 114 Å². The second-order valence-corrected chi connectivity index (χ2v) is 4.74. The van der Waals surface area contributed by atoms with Crippen LogP contribution in [-0.4, -0.2) is 15.3 Å². The van der Waals surface area contributed by atoms with Crippen LogP contribution in [0.15, 0.2) is 30.3 Å². The maximum Gasteiger partial charge on any atom is 0.106 e. The Morgan fingerprint density at radius 3 is 2.58 bits per heavy atom. The lowest BCUT2D eigenvalue weighted by atomic mass is 9.97. The lowest BCUT2D eigenvalue weighted by Crippen LogP contribution is -2.08. The average molecular weight is 256 g/mol. The minimum absolute atomic E-state index is 0.629. The molecule has 3 nitrogen and oxygen atoms in total. The van der Waals surface area contributed by atoms with E-state index in [-0.39, 0.29) is 0 Å². The summed E-state index contributed by atoms with van der Waals surface area (Å²) >= 11 is 0. The van der Waals surface area contributed by atoms with E-state index in [1.807, 2.05) is 32.0 Å². The van der Waals surface area contributed by atoms with Crippen molar-refractivity contribution < 1.29 is 5.11 Å². The van der Waals surface area contributed by atoms with Crippen LogP contribution in [0.1, 0.15) is 48.0 Å². The van der Waals surface area contributed by atoms with Crippen LogP contribution in [0.25, 0.3) is 0 Å². The number of hydrogen-bond acceptors (Lipinski definition) is 3. The molecule has 0 spiro atoms. The Morgan fingerprint density at radius 1 is 1.11 bits per heavy atom. The molecule has 1 heterocycles. The summed E-state index contributed by atoms with van der Waals surface area (Å²) in [4.78, 5) is 0. The monoisotopic (exact) mass is 256 g/mol. The van der Waals surface area contributed by atoms with E-state index in [0.29, 0.717) is 0 Å². The molecule has 0 saturated heterocycles. The normalized spacial score (nSPS) is 12.4. The van der Waals surface area contributed by atoms with Crippen molar-refractivity contribution in [2.75, 3.05) is 0 Å². The standard InChI is InChI=1S/C16H20N2O/c1-4-12-7-6-8-13(10-12)16(19)14-9-11(3)17-18-15(14)5-2/h6-10,16,19H,4-5H2,1-3H3. The summed E-state index contributed by atoms with van der Waals surface area (Å²) in [6.07, 6.45) is 1.11. The van der Waals surface area contributed by atoms with Crippen molar-refractivity contribution in [2.24, 2.45) is 0 Å². The van der Waals surface area contributed by atoms with E-state index >= 15 is 0 Å². The van der Waals surface area contributed by atoms with Crippen molar-refractivity contribution in [1.82, 2.24) is 10.2 Å². The van der Waals surface area contributed by atoms with Gasteiger partial charge in [-0.2, -0.15) is 10.2 Å². The predicted octanol–water partition coefficient (Wildman–Crippen LogP) is 2.99. The summed E-state index contributed by atoms with van der Waals surface area (Å²) in [6, 6.07) is 10.0. The minimum Gasteiger partial charge on any atom is -0.384 e. The molecule has 2 rings (SSSR count). The molecule has 0 saturated carbocycles. The van der Waals surface area contributed by atoms with E-state index in [9.17, 15) is 5.11 Å². The second-order valence-electron chi connectivity index (χ2n) is 4.74. The maximum atomic E-state index is 10.6. The number of nitrogens with zero attached hydrogens (tertiary/aromatic N) is 2. The highest BCUT2D eigenvalue weighted by molar-refractivity contribution is 5.35. The maximum absolute atomic E-state index is 10.6. The van der Waals surface area contributed by atoms with E-state index in [1.54, 1.807) is 0 Å². The molecule has 0 aliphatic heterocycles. The first kappa shape index (κ1) is 13.7. The third kappa shape index (κ3) is 2.99. The van der Waals surface area contributed by atoms with Crippen molar-refractivity contribution >= 4 is 0 Å². The summed E-state index contributed by atoms with van der Waals surface area (Å²) in [7, 11) is 0. The first-order chi connectivity index (χ1) is 9.15. The van der Waals surface area contributed by atoms with Gasteiger partial charge in [-0.05, 0) is 37.0 Å². The third-order valence-electron chi connectivity index (χ3n) is 3.33. The van der Waals surface area contributed by atoms with E-state index in [4.69, 9.17) is 0 Å². The molecular formula is C16H20N2O. The van der Waals surface area contributed by atoms with Crippen LogP contribution in [0.4, 0.5) is 0 Å². The van der Waals surface area contributed by atoms with Crippen LogP contribution >= 0.6 is 0 Å². The van der Waals surface area contributed by atoms with Gasteiger partial charge in [0.25, 0.3) is 0 Å². The van der Waals surface area contributed by atoms with Crippen LogP contribution in [0.3, 0.4) is 0 Å². The molecule has 0 radical (unpaired) electrons. The summed E-state index contributed by atoms with van der Waals surface area (Å²) in [5, 5.41) is 18.8. The summed E-state index contributed by atoms with van der Waals surface area (Å²) in [6.45, 7) is 6.03. The molecule has 0 amide bonds. The van der Waals surface area contributed by atoms with Crippen LogP contribution < -0.4 is 0 Å². The molecule has 2 aromatic rings. The number of hydrogen-bond donors (Lipinski definition) is 1. The summed E-state index contributed by atoms with van der Waals surface area (Å²) in [5.41, 5.74) is 4.70. The zero-order valence-electron chi connectivity index (χ0n) is 11.7. The summed E-state index contributed by atoms with van der Waals surface area (Å²) < 4.78 is 0. The number of rotatable bonds is 4. The third-order valence-corrected chi connectivity index (χ3v) is 3.33. The van der Waals surface area contributed by atoms with Gasteiger partial charge in [0.15, 0.2) is 0 Å². The number of aromatic nitrogens is 2. The van der Waals surface area contributed by atoms with Crippen LogP contribution in [0.2, 0.25) is 0 Å². The van der Waals surface area contributed by atoms with E-state index in [1.165, 1.54) is 5.56 Å². The van der Waals surface area contributed by atoms with Crippen molar-refractivity contribution in [3.05, 3.63) is 58.4 Å². The van der Waals surface area contributed by atoms with Crippen molar-refractivity contribution in [2.45, 2.75) is 39.7 Å². The average Bonchev–Trinajstić information content (AvgIpc) is 2.46. The number of aryl methyl sites for hydroxylation is 3. The molecule has 1 aromatic heterocycles. The van der Waals surface area contributed by atoms with Gasteiger partial charge in [0.05, 0.1) is 11.4 Å². The Balaban J connectivity index is 2.42. The fourth-order valence-electron chi connectivity index (χ4n) is 2.21. The highest BCUT2D eigenvalue weighted by atomic mass is 16.3. The Morgan fingerprint density at radius 2 is 1.89 bits per heavy atom. The Kier molecular flexibility index (Phi) is 4.27. The SMILES string of the molecule is CCc1cccc(C(O)c2cc(C)nnc2CC)c1. The Hall–Kier alpha value is -1.74. The zero-order chi connectivity index (χ0) is 13.8. The second kappa shape index (κ2) is 5.93. The fraction of sp³-hybridized carbons (Fsp3) is 0.375. The molecule has 3 heteroatoms. The number of benzene rings is 1. The van der Waals surface area contributed by atoms with Gasteiger partial charge in [0.1, 0.15) is 6.10 Å². The van der Waals surface area contributed by atoms with Gasteiger partial charge in [0.2, 0.25) is 0 Å². The van der Waals surface area contributed by atoms with Crippen LogP contribution in [0.5, 0.6) is 0 Å². The molecule has 0 bridgehead atoms. The highest BCUT2D eigenvalue weighted by Crippen LogP contribution is 2.25. The van der Waals surface area contributed by atoms with E-state index in [0.717, 1.165) is 35.4 Å². The first-order valence-corrected chi connectivity index (χ1v) is 6.75. The van der Waals surface area contributed by atoms with Crippen LogP contribution in [0, 0.1) is 6.92 Å². The van der Waals surface area contributed by atoms with Gasteiger partial charge < -0.3 is 5.11 Å². The first-order valence-electron chi connectivity index (χ1n) is 6.75. The number of aliphatic hydroxyl groups is 1. The smallest absolute Gasteiger partial charge is 0.106 e. The molecule has 19 heavy (non-hydrogen) atoms. The molecule has 1 N–H and O–H groups in total. The van der Waals surface area contributed by atoms with Crippen molar-refractivity contribution in [3.63, 3.8) is 0 Å². The topological polar surface area (TPSA) is 46.0 Å². The van der Waals surface area contributed by atoms with Crippen molar-refractivity contribution in [1.29, 1.82) is 0 Å². The van der Waals surface area contributed by atoms with E-state index < -0.39 is 6.10 Å². The molecule has 0 aliphatic carbocycles. The largest absolute Gasteiger partial charge is 0.384 e. The molecular weight excluding hydrogens is 236 g/mol. The molecule has 1 aromatic carbocycles. The van der Waals surface area contributed by atoms with Crippen LogP contribution in [-0.2, 0) is 12.8 Å². The van der Waals surface area contributed by atoms with Gasteiger partial charge in [-0.15, -0.1) is 0 Å².